The van der Waals surface area contributed by atoms with E-state index in [1.165, 1.54) is 0 Å². The van der Waals surface area contributed by atoms with Crippen LogP contribution in [0.4, 0.5) is 21.1 Å². The second kappa shape index (κ2) is 11.0. The Kier molecular flexibility index (Phi) is 7.81. The van der Waals surface area contributed by atoms with E-state index in [1.807, 2.05) is 30.3 Å². The summed E-state index contributed by atoms with van der Waals surface area (Å²) >= 11 is 5.93. The summed E-state index contributed by atoms with van der Waals surface area (Å²) in [6.45, 7) is 8.85. The highest BCUT2D eigenvalue weighted by Gasteiger charge is 2.22. The Labute approximate surface area is 215 Å². The molecule has 0 spiro atoms. The molecule has 1 saturated heterocycles. The van der Waals surface area contributed by atoms with Gasteiger partial charge in [0.25, 0.3) is 0 Å². The van der Waals surface area contributed by atoms with Gasteiger partial charge < -0.3 is 20.3 Å². The molecule has 9 nitrogen and oxygen atoms in total. The number of morpholine rings is 1. The minimum Gasteiger partial charge on any atom is -0.378 e. The first-order chi connectivity index (χ1) is 17.2. The summed E-state index contributed by atoms with van der Waals surface area (Å²) in [6.07, 6.45) is 0. The zero-order valence-electron chi connectivity index (χ0n) is 20.7. The van der Waals surface area contributed by atoms with Crippen molar-refractivity contribution in [2.75, 3.05) is 36.9 Å². The molecule has 0 radical (unpaired) electrons. The SMILES string of the molecule is CC(C)(C)c1cc(NC(=O)Nc2ccc(Cl)cc2)n(-c2cccc(CNC(=O)N3CCOCC3)c2)n1. The molecule has 36 heavy (non-hydrogen) atoms. The van der Waals surface area contributed by atoms with Gasteiger partial charge in [0.05, 0.1) is 24.6 Å². The van der Waals surface area contributed by atoms with E-state index in [0.717, 1.165) is 16.9 Å². The van der Waals surface area contributed by atoms with Crippen molar-refractivity contribution in [3.8, 4) is 5.69 Å². The van der Waals surface area contributed by atoms with E-state index in [4.69, 9.17) is 21.4 Å². The predicted molar refractivity (Wildman–Crippen MR) is 141 cm³/mol. The number of halogens is 1. The van der Waals surface area contributed by atoms with Crippen LogP contribution in [-0.4, -0.2) is 53.0 Å². The number of ether oxygens (including phenoxy) is 1. The van der Waals surface area contributed by atoms with Crippen molar-refractivity contribution in [2.45, 2.75) is 32.7 Å². The minimum atomic E-state index is -0.395. The fraction of sp³-hybridized carbons (Fsp3) is 0.346. The highest BCUT2D eigenvalue weighted by molar-refractivity contribution is 6.30. The molecule has 3 N–H and O–H groups in total. The number of anilines is 2. The Morgan fingerprint density at radius 2 is 1.75 bits per heavy atom. The van der Waals surface area contributed by atoms with E-state index < -0.39 is 6.03 Å². The average Bonchev–Trinajstić information content (AvgIpc) is 3.29. The molecule has 1 aliphatic rings. The number of hydrogen-bond acceptors (Lipinski definition) is 4. The van der Waals surface area contributed by atoms with Gasteiger partial charge in [0.2, 0.25) is 0 Å². The fourth-order valence-corrected chi connectivity index (χ4v) is 3.83. The average molecular weight is 511 g/mol. The van der Waals surface area contributed by atoms with Gasteiger partial charge in [0.1, 0.15) is 5.82 Å². The van der Waals surface area contributed by atoms with E-state index >= 15 is 0 Å². The van der Waals surface area contributed by atoms with Gasteiger partial charge in [-0.2, -0.15) is 5.10 Å². The number of hydrogen-bond donors (Lipinski definition) is 3. The topological polar surface area (TPSA) is 101 Å². The first-order valence-electron chi connectivity index (χ1n) is 11.8. The Morgan fingerprint density at radius 1 is 1.03 bits per heavy atom. The van der Waals surface area contributed by atoms with E-state index in [2.05, 4.69) is 36.7 Å². The number of urea groups is 2. The summed E-state index contributed by atoms with van der Waals surface area (Å²) in [7, 11) is 0. The van der Waals surface area contributed by atoms with Crippen LogP contribution in [0.5, 0.6) is 0 Å². The third-order valence-electron chi connectivity index (χ3n) is 5.72. The van der Waals surface area contributed by atoms with Gasteiger partial charge in [0, 0.05) is 41.8 Å². The quantitative estimate of drug-likeness (QED) is 0.449. The van der Waals surface area contributed by atoms with Gasteiger partial charge in [-0.25, -0.2) is 14.3 Å². The van der Waals surface area contributed by atoms with E-state index in [0.29, 0.717) is 49.4 Å². The van der Waals surface area contributed by atoms with Gasteiger partial charge in [-0.1, -0.05) is 44.5 Å². The summed E-state index contributed by atoms with van der Waals surface area (Å²) in [6, 6.07) is 15.9. The second-order valence-electron chi connectivity index (χ2n) is 9.59. The number of nitrogens with one attached hydrogen (secondary N) is 3. The number of rotatable bonds is 5. The van der Waals surface area contributed by atoms with E-state index in [9.17, 15) is 9.59 Å². The van der Waals surface area contributed by atoms with Crippen LogP contribution in [0, 0.1) is 0 Å². The molecule has 3 aromatic rings. The number of amides is 4. The normalized spacial score (nSPS) is 13.8. The lowest BCUT2D eigenvalue weighted by atomic mass is 9.92. The zero-order valence-corrected chi connectivity index (χ0v) is 21.4. The maximum atomic E-state index is 12.7. The molecule has 1 aromatic heterocycles. The third kappa shape index (κ3) is 6.56. The number of benzene rings is 2. The Balaban J connectivity index is 1.51. The molecular weight excluding hydrogens is 480 g/mol. The summed E-state index contributed by atoms with van der Waals surface area (Å²) in [5.74, 6) is 0.529. The fourth-order valence-electron chi connectivity index (χ4n) is 3.70. The van der Waals surface area contributed by atoms with Crippen molar-refractivity contribution in [1.29, 1.82) is 0 Å². The molecule has 0 bridgehead atoms. The van der Waals surface area contributed by atoms with Gasteiger partial charge in [0.15, 0.2) is 0 Å². The Hall–Kier alpha value is -3.56. The lowest BCUT2D eigenvalue weighted by Gasteiger charge is -2.27. The zero-order chi connectivity index (χ0) is 25.7. The number of aromatic nitrogens is 2. The van der Waals surface area contributed by atoms with Crippen molar-refractivity contribution in [3.05, 3.63) is 70.9 Å². The smallest absolute Gasteiger partial charge is 0.324 e. The number of nitrogens with zero attached hydrogens (tertiary/aromatic N) is 3. The van der Waals surface area contributed by atoms with Crippen LogP contribution in [0.15, 0.2) is 54.6 Å². The maximum Gasteiger partial charge on any atom is 0.324 e. The van der Waals surface area contributed by atoms with E-state index in [1.54, 1.807) is 33.8 Å². The molecule has 4 rings (SSSR count). The number of carbonyl (C=O) groups excluding carboxylic acids is 2. The third-order valence-corrected chi connectivity index (χ3v) is 5.97. The molecule has 2 heterocycles. The van der Waals surface area contributed by atoms with Crippen LogP contribution in [0.1, 0.15) is 32.0 Å². The molecule has 1 aliphatic heterocycles. The van der Waals surface area contributed by atoms with Crippen molar-refractivity contribution < 1.29 is 14.3 Å². The maximum absolute atomic E-state index is 12.7. The molecule has 4 amide bonds. The monoisotopic (exact) mass is 510 g/mol. The Bertz CT molecular complexity index is 1210. The lowest BCUT2D eigenvalue weighted by Crippen LogP contribution is -2.45. The summed E-state index contributed by atoms with van der Waals surface area (Å²) in [4.78, 5) is 27.0. The van der Waals surface area contributed by atoms with Crippen LogP contribution < -0.4 is 16.0 Å². The van der Waals surface area contributed by atoms with Crippen LogP contribution >= 0.6 is 11.6 Å². The van der Waals surface area contributed by atoms with Crippen molar-refractivity contribution >= 4 is 35.2 Å². The minimum absolute atomic E-state index is 0.112. The Morgan fingerprint density at radius 3 is 2.44 bits per heavy atom. The molecule has 0 saturated carbocycles. The lowest BCUT2D eigenvalue weighted by molar-refractivity contribution is 0.0531. The van der Waals surface area contributed by atoms with Crippen molar-refractivity contribution in [3.63, 3.8) is 0 Å². The first kappa shape index (κ1) is 25.5. The predicted octanol–water partition coefficient (Wildman–Crippen LogP) is 5.01. The second-order valence-corrected chi connectivity index (χ2v) is 10.0. The molecule has 0 atom stereocenters. The molecule has 2 aromatic carbocycles. The van der Waals surface area contributed by atoms with Gasteiger partial charge in [-0.05, 0) is 42.0 Å². The summed E-state index contributed by atoms with van der Waals surface area (Å²) < 4.78 is 7.01. The standard InChI is InChI=1S/C26H31ClN6O3/c1-26(2,3)22-16-23(30-24(34)29-20-9-7-19(27)8-10-20)33(31-22)21-6-4-5-18(15-21)17-28-25(35)32-11-13-36-14-12-32/h4-10,15-16H,11-14,17H2,1-3H3,(H,28,35)(H2,29,30,34). The highest BCUT2D eigenvalue weighted by atomic mass is 35.5. The summed E-state index contributed by atoms with van der Waals surface area (Å²) in [5.41, 5.74) is 2.91. The van der Waals surface area contributed by atoms with Gasteiger partial charge >= 0.3 is 12.1 Å². The van der Waals surface area contributed by atoms with E-state index in [-0.39, 0.29) is 11.4 Å². The molecule has 1 fully saturated rings. The molecular formula is C26H31ClN6O3. The van der Waals surface area contributed by atoms with Crippen molar-refractivity contribution in [1.82, 2.24) is 20.0 Å². The van der Waals surface area contributed by atoms with Gasteiger partial charge in [-0.3, -0.25) is 5.32 Å². The van der Waals surface area contributed by atoms with Crippen LogP contribution in [0.3, 0.4) is 0 Å². The largest absolute Gasteiger partial charge is 0.378 e. The van der Waals surface area contributed by atoms with Crippen LogP contribution in [0.2, 0.25) is 5.02 Å². The molecule has 0 unspecified atom stereocenters. The molecule has 190 valence electrons. The molecule has 0 aliphatic carbocycles. The van der Waals surface area contributed by atoms with Crippen LogP contribution in [-0.2, 0) is 16.7 Å². The summed E-state index contributed by atoms with van der Waals surface area (Å²) in [5, 5.41) is 14.1. The van der Waals surface area contributed by atoms with Gasteiger partial charge in [-0.15, -0.1) is 0 Å². The van der Waals surface area contributed by atoms with Crippen molar-refractivity contribution in [2.24, 2.45) is 0 Å². The highest BCUT2D eigenvalue weighted by Crippen LogP contribution is 2.27. The number of carbonyl (C=O) groups is 2. The van der Waals surface area contributed by atoms with Crippen LogP contribution in [0.25, 0.3) is 5.69 Å². The first-order valence-corrected chi connectivity index (χ1v) is 12.2. The molecule has 10 heteroatoms.